The maximum atomic E-state index is 12.3. The van der Waals surface area contributed by atoms with Crippen LogP contribution in [0.2, 0.25) is 0 Å². The molecule has 0 unspecified atom stereocenters. The van der Waals surface area contributed by atoms with E-state index in [1.165, 1.54) is 36.9 Å². The van der Waals surface area contributed by atoms with Crippen molar-refractivity contribution >= 4 is 27.3 Å². The molecule has 3 rings (SSSR count). The molecular formula is C16H25N3O3S2. The highest BCUT2D eigenvalue weighted by atomic mass is 32.2. The van der Waals surface area contributed by atoms with E-state index >= 15 is 0 Å². The zero-order chi connectivity index (χ0) is 17.2. The second-order valence-electron chi connectivity index (χ2n) is 6.65. The molecule has 1 aromatic heterocycles. The summed E-state index contributed by atoms with van der Waals surface area (Å²) in [6.07, 6.45) is 4.94. The summed E-state index contributed by atoms with van der Waals surface area (Å²) in [5.41, 5.74) is 0.692. The minimum atomic E-state index is -3.26. The van der Waals surface area contributed by atoms with E-state index in [1.807, 2.05) is 16.8 Å². The lowest BCUT2D eigenvalue weighted by molar-refractivity contribution is 0.0438. The first-order valence-electron chi connectivity index (χ1n) is 8.46. The Morgan fingerprint density at radius 3 is 2.58 bits per heavy atom. The van der Waals surface area contributed by atoms with E-state index in [0.29, 0.717) is 25.2 Å². The predicted molar refractivity (Wildman–Crippen MR) is 95.9 cm³/mol. The summed E-state index contributed by atoms with van der Waals surface area (Å²) in [5.74, 6) is -0.00279. The van der Waals surface area contributed by atoms with Crippen LogP contribution in [0, 0.1) is 0 Å². The van der Waals surface area contributed by atoms with Crippen molar-refractivity contribution < 1.29 is 13.2 Å². The standard InChI is InChI=1S/C16H25N3O3S2/c1-24(21,22)19(9-8-17-6-3-2-4-7-17)15-11-18(12-15)16(20)14-5-10-23-13-14/h5,10,13,15H,2-4,6-9,11-12H2,1H3. The van der Waals surface area contributed by atoms with E-state index in [2.05, 4.69) is 4.90 Å². The lowest BCUT2D eigenvalue weighted by Crippen LogP contribution is -2.62. The molecule has 6 nitrogen and oxygen atoms in total. The van der Waals surface area contributed by atoms with Crippen LogP contribution in [-0.4, -0.2) is 80.0 Å². The number of hydrogen-bond acceptors (Lipinski definition) is 5. The minimum absolute atomic E-state index is 0.00279. The van der Waals surface area contributed by atoms with Crippen LogP contribution >= 0.6 is 11.3 Å². The van der Waals surface area contributed by atoms with E-state index in [0.717, 1.165) is 19.6 Å². The van der Waals surface area contributed by atoms with Gasteiger partial charge in [-0.2, -0.15) is 15.6 Å². The first-order chi connectivity index (χ1) is 11.4. The van der Waals surface area contributed by atoms with Crippen LogP contribution < -0.4 is 0 Å². The van der Waals surface area contributed by atoms with Crippen LogP contribution in [0.25, 0.3) is 0 Å². The zero-order valence-electron chi connectivity index (χ0n) is 14.1. The van der Waals surface area contributed by atoms with Crippen LogP contribution in [-0.2, 0) is 10.0 Å². The maximum absolute atomic E-state index is 12.3. The third-order valence-corrected chi connectivity index (χ3v) is 6.85. The molecule has 8 heteroatoms. The van der Waals surface area contributed by atoms with Gasteiger partial charge in [0.1, 0.15) is 0 Å². The van der Waals surface area contributed by atoms with Crippen LogP contribution in [0.5, 0.6) is 0 Å². The number of likely N-dealkylation sites (tertiary alicyclic amines) is 2. The number of amides is 1. The number of hydrogen-bond donors (Lipinski definition) is 0. The third-order valence-electron chi connectivity index (χ3n) is 4.84. The van der Waals surface area contributed by atoms with Gasteiger partial charge in [-0.05, 0) is 37.4 Å². The Bertz CT molecular complexity index is 648. The monoisotopic (exact) mass is 371 g/mol. The van der Waals surface area contributed by atoms with Crippen molar-refractivity contribution in [1.82, 2.24) is 14.1 Å². The Morgan fingerprint density at radius 1 is 1.29 bits per heavy atom. The quantitative estimate of drug-likeness (QED) is 0.757. The lowest BCUT2D eigenvalue weighted by Gasteiger charge is -2.44. The predicted octanol–water partition coefficient (Wildman–Crippen LogP) is 1.32. The van der Waals surface area contributed by atoms with Crippen molar-refractivity contribution in [3.05, 3.63) is 22.4 Å². The largest absolute Gasteiger partial charge is 0.335 e. The van der Waals surface area contributed by atoms with Gasteiger partial charge in [0.25, 0.3) is 5.91 Å². The van der Waals surface area contributed by atoms with Crippen LogP contribution in [0.15, 0.2) is 16.8 Å². The van der Waals surface area contributed by atoms with Gasteiger partial charge in [0.15, 0.2) is 0 Å². The second kappa shape index (κ2) is 7.51. The molecule has 1 amide bonds. The molecule has 0 bridgehead atoms. The molecule has 3 heterocycles. The van der Waals surface area contributed by atoms with Crippen molar-refractivity contribution in [3.8, 4) is 0 Å². The van der Waals surface area contributed by atoms with Gasteiger partial charge in [-0.25, -0.2) is 8.42 Å². The first kappa shape index (κ1) is 17.8. The molecule has 0 aliphatic carbocycles. The highest BCUT2D eigenvalue weighted by Gasteiger charge is 2.39. The Kier molecular flexibility index (Phi) is 5.59. The average molecular weight is 372 g/mol. The van der Waals surface area contributed by atoms with Crippen molar-refractivity contribution in [3.63, 3.8) is 0 Å². The zero-order valence-corrected chi connectivity index (χ0v) is 15.7. The molecule has 0 spiro atoms. The normalized spacial score (nSPS) is 20.3. The fourth-order valence-corrected chi connectivity index (χ4v) is 5.13. The molecule has 2 fully saturated rings. The number of sulfonamides is 1. The molecule has 0 atom stereocenters. The van der Waals surface area contributed by atoms with Crippen LogP contribution in [0.3, 0.4) is 0 Å². The molecule has 1 aromatic rings. The molecule has 0 N–H and O–H groups in total. The van der Waals surface area contributed by atoms with E-state index in [1.54, 1.807) is 9.21 Å². The summed E-state index contributed by atoms with van der Waals surface area (Å²) in [6.45, 7) is 4.39. The Hall–Kier alpha value is -0.960. The van der Waals surface area contributed by atoms with Gasteiger partial charge in [0, 0.05) is 31.6 Å². The molecule has 24 heavy (non-hydrogen) atoms. The summed E-state index contributed by atoms with van der Waals surface area (Å²) in [5, 5.41) is 3.71. The molecule has 0 radical (unpaired) electrons. The Labute approximate surface area is 148 Å². The van der Waals surface area contributed by atoms with Gasteiger partial charge >= 0.3 is 0 Å². The topological polar surface area (TPSA) is 60.9 Å². The summed E-state index contributed by atoms with van der Waals surface area (Å²) in [7, 11) is -3.26. The highest BCUT2D eigenvalue weighted by Crippen LogP contribution is 2.21. The number of piperidine rings is 1. The smallest absolute Gasteiger partial charge is 0.254 e. The second-order valence-corrected chi connectivity index (χ2v) is 9.37. The molecule has 0 aromatic carbocycles. The minimum Gasteiger partial charge on any atom is -0.335 e. The number of carbonyl (C=O) groups excluding carboxylic acids is 1. The fourth-order valence-electron chi connectivity index (χ4n) is 3.41. The summed E-state index contributed by atoms with van der Waals surface area (Å²) >= 11 is 1.50. The first-order valence-corrected chi connectivity index (χ1v) is 11.2. The van der Waals surface area contributed by atoms with Crippen molar-refractivity contribution in [1.29, 1.82) is 0 Å². The van der Waals surface area contributed by atoms with Gasteiger partial charge in [0.2, 0.25) is 10.0 Å². The average Bonchev–Trinajstić information content (AvgIpc) is 3.03. The van der Waals surface area contributed by atoms with E-state index in [9.17, 15) is 13.2 Å². The van der Waals surface area contributed by atoms with Crippen LogP contribution in [0.4, 0.5) is 0 Å². The highest BCUT2D eigenvalue weighted by molar-refractivity contribution is 7.88. The number of carbonyl (C=O) groups is 1. The fraction of sp³-hybridized carbons (Fsp3) is 0.688. The van der Waals surface area contributed by atoms with E-state index in [4.69, 9.17) is 0 Å². The van der Waals surface area contributed by atoms with E-state index < -0.39 is 10.0 Å². The van der Waals surface area contributed by atoms with Crippen LogP contribution in [0.1, 0.15) is 29.6 Å². The SMILES string of the molecule is CS(=O)(=O)N(CCN1CCCCC1)C1CN(C(=O)c2ccsc2)C1. The van der Waals surface area contributed by atoms with Gasteiger partial charge < -0.3 is 9.80 Å². The Balaban J connectivity index is 1.55. The molecule has 134 valence electrons. The van der Waals surface area contributed by atoms with Gasteiger partial charge in [-0.15, -0.1) is 0 Å². The van der Waals surface area contributed by atoms with Crippen molar-refractivity contribution in [2.75, 3.05) is 45.5 Å². The molecule has 2 aliphatic rings. The molecule has 2 saturated heterocycles. The number of thiophene rings is 1. The van der Waals surface area contributed by atoms with Gasteiger partial charge in [0.05, 0.1) is 17.9 Å². The molecular weight excluding hydrogens is 346 g/mol. The van der Waals surface area contributed by atoms with Crippen molar-refractivity contribution in [2.24, 2.45) is 0 Å². The number of nitrogens with zero attached hydrogens (tertiary/aromatic N) is 3. The lowest BCUT2D eigenvalue weighted by atomic mass is 10.1. The third kappa shape index (κ3) is 4.17. The summed E-state index contributed by atoms with van der Waals surface area (Å²) in [4.78, 5) is 16.3. The Morgan fingerprint density at radius 2 is 2.00 bits per heavy atom. The van der Waals surface area contributed by atoms with Crippen molar-refractivity contribution in [2.45, 2.75) is 25.3 Å². The van der Waals surface area contributed by atoms with E-state index in [-0.39, 0.29) is 11.9 Å². The summed E-state index contributed by atoms with van der Waals surface area (Å²) < 4.78 is 25.9. The molecule has 2 aliphatic heterocycles. The summed E-state index contributed by atoms with van der Waals surface area (Å²) in [6, 6.07) is 1.72. The van der Waals surface area contributed by atoms with Gasteiger partial charge in [-0.3, -0.25) is 4.79 Å². The number of rotatable bonds is 6. The molecule has 0 saturated carbocycles. The maximum Gasteiger partial charge on any atom is 0.254 e. The van der Waals surface area contributed by atoms with Gasteiger partial charge in [-0.1, -0.05) is 6.42 Å².